The predicted octanol–water partition coefficient (Wildman–Crippen LogP) is 2.13. The number of carbonyl (C=O) groups is 1. The van der Waals surface area contributed by atoms with E-state index >= 15 is 0 Å². The Balaban J connectivity index is 2.14. The molecule has 0 fully saturated rings. The van der Waals surface area contributed by atoms with E-state index in [0.29, 0.717) is 11.3 Å². The second kappa shape index (κ2) is 5.54. The van der Waals surface area contributed by atoms with Crippen LogP contribution in [0.2, 0.25) is 0 Å². The smallest absolute Gasteiger partial charge is 0.246 e. The number of aryl methyl sites for hydroxylation is 2. The fraction of sp³-hybridized carbons (Fsp3) is 0.231. The largest absolute Gasteiger partial charge is 0.323 e. The molecule has 0 bridgehead atoms. The van der Waals surface area contributed by atoms with Gasteiger partial charge in [0.25, 0.3) is 0 Å². The lowest BCUT2D eigenvalue weighted by atomic mass is 10.1. The van der Waals surface area contributed by atoms with Crippen molar-refractivity contribution in [3.05, 3.63) is 46.2 Å². The van der Waals surface area contributed by atoms with Crippen molar-refractivity contribution in [2.24, 2.45) is 12.8 Å². The fourth-order valence-electron chi connectivity index (χ4n) is 1.70. The Kier molecular flexibility index (Phi) is 4.01. The van der Waals surface area contributed by atoms with Crippen LogP contribution in [-0.2, 0) is 11.8 Å². The molecule has 3 N–H and O–H groups in total. The molecule has 1 aromatic carbocycles. The fourth-order valence-corrected chi connectivity index (χ4v) is 2.04. The summed E-state index contributed by atoms with van der Waals surface area (Å²) in [7, 11) is 1.78. The molecule has 5 nitrogen and oxygen atoms in total. The summed E-state index contributed by atoms with van der Waals surface area (Å²) in [6.45, 7) is 1.96. The van der Waals surface area contributed by atoms with Crippen molar-refractivity contribution in [1.82, 2.24) is 9.78 Å². The van der Waals surface area contributed by atoms with Gasteiger partial charge in [-0.15, -0.1) is 0 Å². The Labute approximate surface area is 119 Å². The number of halogens is 1. The molecular formula is C13H15BrN4O. The third kappa shape index (κ3) is 3.21. The highest BCUT2D eigenvalue weighted by Crippen LogP contribution is 2.24. The number of anilines is 1. The van der Waals surface area contributed by atoms with Gasteiger partial charge >= 0.3 is 0 Å². The number of nitrogens with two attached hydrogens (primary N) is 1. The number of aromatic nitrogens is 2. The first-order valence-corrected chi connectivity index (χ1v) is 6.58. The van der Waals surface area contributed by atoms with Crippen LogP contribution in [0.25, 0.3) is 0 Å². The molecule has 1 aromatic heterocycles. The van der Waals surface area contributed by atoms with Crippen LogP contribution in [-0.4, -0.2) is 15.7 Å². The van der Waals surface area contributed by atoms with Crippen LogP contribution in [0.3, 0.4) is 0 Å². The minimum atomic E-state index is -0.735. The number of benzene rings is 1. The minimum absolute atomic E-state index is 0.265. The van der Waals surface area contributed by atoms with Gasteiger partial charge < -0.3 is 11.1 Å². The molecule has 0 aliphatic rings. The van der Waals surface area contributed by atoms with Gasteiger partial charge in [-0.05, 0) is 40.5 Å². The van der Waals surface area contributed by atoms with Crippen molar-refractivity contribution in [3.8, 4) is 0 Å². The zero-order chi connectivity index (χ0) is 14.0. The maximum atomic E-state index is 12.1. The van der Waals surface area contributed by atoms with E-state index in [2.05, 4.69) is 26.3 Å². The second-order valence-corrected chi connectivity index (χ2v) is 5.25. The minimum Gasteiger partial charge on any atom is -0.323 e. The van der Waals surface area contributed by atoms with Crippen molar-refractivity contribution >= 4 is 27.5 Å². The highest BCUT2D eigenvalue weighted by molar-refractivity contribution is 9.10. The lowest BCUT2D eigenvalue weighted by Gasteiger charge is -2.12. The molecule has 0 radical (unpaired) electrons. The summed E-state index contributed by atoms with van der Waals surface area (Å²) in [6, 6.07) is 5.00. The Morgan fingerprint density at radius 3 is 2.89 bits per heavy atom. The van der Waals surface area contributed by atoms with Crippen LogP contribution in [0.4, 0.5) is 5.69 Å². The maximum absolute atomic E-state index is 12.1. The van der Waals surface area contributed by atoms with Gasteiger partial charge in [0.15, 0.2) is 0 Å². The van der Waals surface area contributed by atoms with Crippen LogP contribution in [0.1, 0.15) is 17.2 Å². The summed E-state index contributed by atoms with van der Waals surface area (Å²) in [6.07, 6.45) is 3.32. The van der Waals surface area contributed by atoms with Crippen LogP contribution in [0, 0.1) is 6.92 Å². The van der Waals surface area contributed by atoms with E-state index in [0.717, 1.165) is 10.0 Å². The van der Waals surface area contributed by atoms with Crippen LogP contribution < -0.4 is 11.1 Å². The quantitative estimate of drug-likeness (QED) is 0.909. The van der Waals surface area contributed by atoms with Gasteiger partial charge in [-0.3, -0.25) is 9.48 Å². The van der Waals surface area contributed by atoms with E-state index < -0.39 is 6.04 Å². The molecule has 100 valence electrons. The zero-order valence-electron chi connectivity index (χ0n) is 10.7. The van der Waals surface area contributed by atoms with Crippen molar-refractivity contribution < 1.29 is 4.79 Å². The van der Waals surface area contributed by atoms with Gasteiger partial charge in [-0.1, -0.05) is 6.07 Å². The molecule has 0 aliphatic heterocycles. The molecule has 1 heterocycles. The van der Waals surface area contributed by atoms with Gasteiger partial charge in [0.1, 0.15) is 6.04 Å². The van der Waals surface area contributed by atoms with Crippen LogP contribution >= 0.6 is 15.9 Å². The normalized spacial score (nSPS) is 12.2. The molecule has 1 amide bonds. The lowest BCUT2D eigenvalue weighted by Crippen LogP contribution is -2.27. The predicted molar refractivity (Wildman–Crippen MR) is 77.6 cm³/mol. The van der Waals surface area contributed by atoms with E-state index in [1.807, 2.05) is 25.1 Å². The van der Waals surface area contributed by atoms with E-state index in [1.54, 1.807) is 24.1 Å². The molecular weight excluding hydrogens is 308 g/mol. The van der Waals surface area contributed by atoms with E-state index in [-0.39, 0.29) is 5.91 Å². The van der Waals surface area contributed by atoms with E-state index in [4.69, 9.17) is 5.73 Å². The molecule has 1 unspecified atom stereocenters. The number of nitrogens with one attached hydrogen (secondary N) is 1. The van der Waals surface area contributed by atoms with Gasteiger partial charge in [0.05, 0.1) is 11.9 Å². The summed E-state index contributed by atoms with van der Waals surface area (Å²) in [5.41, 5.74) is 8.37. The SMILES string of the molecule is Cc1ccc(Br)c(NC(=O)C(N)c2cnn(C)c2)c1. The third-order valence-corrected chi connectivity index (χ3v) is 3.44. The van der Waals surface area contributed by atoms with Gasteiger partial charge in [0, 0.05) is 23.3 Å². The highest BCUT2D eigenvalue weighted by atomic mass is 79.9. The number of hydrogen-bond donors (Lipinski definition) is 2. The monoisotopic (exact) mass is 322 g/mol. The summed E-state index contributed by atoms with van der Waals surface area (Å²) in [5.74, 6) is -0.265. The first kappa shape index (κ1) is 13.8. The summed E-state index contributed by atoms with van der Waals surface area (Å²) >= 11 is 3.40. The van der Waals surface area contributed by atoms with E-state index in [9.17, 15) is 4.79 Å². The van der Waals surface area contributed by atoms with Gasteiger partial charge in [-0.2, -0.15) is 5.10 Å². The molecule has 6 heteroatoms. The first-order chi connectivity index (χ1) is 8.97. The Hall–Kier alpha value is -1.66. The van der Waals surface area contributed by atoms with Gasteiger partial charge in [0.2, 0.25) is 5.91 Å². The molecule has 0 spiro atoms. The average Bonchev–Trinajstić information content (AvgIpc) is 2.79. The number of nitrogens with zero attached hydrogens (tertiary/aromatic N) is 2. The van der Waals surface area contributed by atoms with Crippen LogP contribution in [0.15, 0.2) is 35.1 Å². The Morgan fingerprint density at radius 1 is 1.53 bits per heavy atom. The lowest BCUT2D eigenvalue weighted by molar-refractivity contribution is -0.117. The number of amides is 1. The third-order valence-electron chi connectivity index (χ3n) is 2.75. The van der Waals surface area contributed by atoms with Crippen molar-refractivity contribution in [2.75, 3.05) is 5.32 Å². The Bertz CT molecular complexity index is 608. The molecule has 2 rings (SSSR count). The maximum Gasteiger partial charge on any atom is 0.246 e. The summed E-state index contributed by atoms with van der Waals surface area (Å²) in [4.78, 5) is 12.1. The zero-order valence-corrected chi connectivity index (χ0v) is 12.3. The van der Waals surface area contributed by atoms with Crippen molar-refractivity contribution in [2.45, 2.75) is 13.0 Å². The van der Waals surface area contributed by atoms with Gasteiger partial charge in [-0.25, -0.2) is 0 Å². The topological polar surface area (TPSA) is 72.9 Å². The first-order valence-electron chi connectivity index (χ1n) is 5.78. The number of carbonyl (C=O) groups excluding carboxylic acids is 1. The second-order valence-electron chi connectivity index (χ2n) is 4.40. The molecule has 0 saturated carbocycles. The molecule has 0 aliphatic carbocycles. The molecule has 1 atom stereocenters. The number of hydrogen-bond acceptors (Lipinski definition) is 3. The van der Waals surface area contributed by atoms with E-state index in [1.165, 1.54) is 0 Å². The molecule has 2 aromatic rings. The van der Waals surface area contributed by atoms with Crippen molar-refractivity contribution in [3.63, 3.8) is 0 Å². The molecule has 19 heavy (non-hydrogen) atoms. The van der Waals surface area contributed by atoms with Crippen molar-refractivity contribution in [1.29, 1.82) is 0 Å². The standard InChI is InChI=1S/C13H15BrN4O/c1-8-3-4-10(14)11(5-8)17-13(19)12(15)9-6-16-18(2)7-9/h3-7,12H,15H2,1-2H3,(H,17,19). The summed E-state index contributed by atoms with van der Waals surface area (Å²) < 4.78 is 2.44. The molecule has 0 saturated heterocycles. The Morgan fingerprint density at radius 2 is 2.26 bits per heavy atom. The summed E-state index contributed by atoms with van der Waals surface area (Å²) in [5, 5.41) is 6.82. The highest BCUT2D eigenvalue weighted by Gasteiger charge is 2.18. The average molecular weight is 323 g/mol. The van der Waals surface area contributed by atoms with Crippen LogP contribution in [0.5, 0.6) is 0 Å². The number of rotatable bonds is 3.